The van der Waals surface area contributed by atoms with Crippen LogP contribution in [0, 0.1) is 12.8 Å². The molecule has 1 aromatic heterocycles. The van der Waals surface area contributed by atoms with Gasteiger partial charge in [-0.25, -0.2) is 4.98 Å². The Morgan fingerprint density at radius 2 is 2.06 bits per heavy atom. The van der Waals surface area contributed by atoms with E-state index in [1.54, 1.807) is 12.1 Å². The number of ether oxygens (including phenoxy) is 1. The summed E-state index contributed by atoms with van der Waals surface area (Å²) in [6, 6.07) is 15.2. The van der Waals surface area contributed by atoms with Gasteiger partial charge in [0.1, 0.15) is 5.76 Å². The monoisotopic (exact) mass is 534 g/mol. The minimum absolute atomic E-state index is 0.171. The molecule has 2 N–H and O–H groups in total. The van der Waals surface area contributed by atoms with Gasteiger partial charge in [-0.1, -0.05) is 58.4 Å². The first-order valence-corrected chi connectivity index (χ1v) is 12.2. The number of nitrogens with one attached hydrogen (secondary N) is 1. The van der Waals surface area contributed by atoms with Gasteiger partial charge in [-0.05, 0) is 43.3 Å². The number of carbonyl (C=O) groups is 1. The average Bonchev–Trinajstić information content (AvgIpc) is 3.22. The van der Waals surface area contributed by atoms with Crippen molar-refractivity contribution < 1.29 is 19.1 Å². The fourth-order valence-corrected chi connectivity index (χ4v) is 4.12. The summed E-state index contributed by atoms with van der Waals surface area (Å²) < 4.78 is 12.7. The number of carbonyl (C=O) groups excluding carboxylic acids is 1. The number of aryl methyl sites for hydroxylation is 1. The second-order valence-corrected chi connectivity index (χ2v) is 9.03. The van der Waals surface area contributed by atoms with Crippen LogP contribution in [0.1, 0.15) is 23.4 Å². The number of rotatable bonds is 8. The number of hydrogen-bond donors (Lipinski definition) is 2. The highest BCUT2D eigenvalue weighted by Crippen LogP contribution is 2.24. The van der Waals surface area contributed by atoms with Crippen LogP contribution >= 0.6 is 15.9 Å². The maximum atomic E-state index is 13.0. The van der Waals surface area contributed by atoms with Gasteiger partial charge in [0.15, 0.2) is 0 Å². The zero-order valence-corrected chi connectivity index (χ0v) is 21.0. The first-order chi connectivity index (χ1) is 17.0. The van der Waals surface area contributed by atoms with Gasteiger partial charge >= 0.3 is 0 Å². The maximum Gasteiger partial charge on any atom is 0.235 e. The van der Waals surface area contributed by atoms with Crippen LogP contribution in [0.3, 0.4) is 0 Å². The largest absolute Gasteiger partial charge is 0.497 e. The van der Waals surface area contributed by atoms with Gasteiger partial charge in [-0.3, -0.25) is 4.79 Å². The van der Waals surface area contributed by atoms with Gasteiger partial charge in [0.05, 0.1) is 30.6 Å². The Bertz CT molecular complexity index is 1260. The van der Waals surface area contributed by atoms with E-state index in [-0.39, 0.29) is 12.5 Å². The summed E-state index contributed by atoms with van der Waals surface area (Å²) in [5, 5.41) is 12.5. The third-order valence-electron chi connectivity index (χ3n) is 5.59. The number of amides is 1. The molecule has 35 heavy (non-hydrogen) atoms. The van der Waals surface area contributed by atoms with E-state index in [9.17, 15) is 9.90 Å². The molecule has 4 rings (SSSR count). The molecule has 7 heteroatoms. The normalized spacial score (nSPS) is 17.7. The van der Waals surface area contributed by atoms with Crippen LogP contribution in [0.2, 0.25) is 0 Å². The van der Waals surface area contributed by atoms with Crippen molar-refractivity contribution in [2.75, 3.05) is 11.9 Å². The number of benzene rings is 2. The Labute approximate surface area is 213 Å². The van der Waals surface area contributed by atoms with Gasteiger partial charge in [0, 0.05) is 34.1 Å². The summed E-state index contributed by atoms with van der Waals surface area (Å²) in [7, 11) is 0. The number of aliphatic hydroxyl groups is 1. The van der Waals surface area contributed by atoms with Gasteiger partial charge in [0.2, 0.25) is 11.8 Å². The molecule has 180 valence electrons. The SMILES string of the molecule is Cc1oc(-c2ccccc2)nc1CCO/C1=C/C(C(=O)Nc2ccc(Br)cc2CO)C=C/C=C\C1. The summed E-state index contributed by atoms with van der Waals surface area (Å²) in [5.74, 6) is 1.38. The molecule has 1 aliphatic carbocycles. The van der Waals surface area contributed by atoms with E-state index in [0.717, 1.165) is 21.5 Å². The summed E-state index contributed by atoms with van der Waals surface area (Å²) in [6.45, 7) is 2.15. The standard InChI is InChI=1S/C28H27BrN2O4/c1-19-25(31-28(35-19)20-8-4-2-5-9-20)14-15-34-24-11-7-3-6-10-21(17-24)27(33)30-26-13-12-23(29)16-22(26)18-32/h2-10,12-13,16-17,21,32H,11,14-15,18H2,1H3,(H,30,33)/b7-3-,10-6?,24-17+. The molecule has 1 amide bonds. The Hall–Kier alpha value is -3.42. The number of allylic oxidation sites excluding steroid dienone is 3. The lowest BCUT2D eigenvalue weighted by molar-refractivity contribution is -0.117. The fourth-order valence-electron chi connectivity index (χ4n) is 3.71. The van der Waals surface area contributed by atoms with E-state index in [0.29, 0.717) is 42.3 Å². The molecule has 6 nitrogen and oxygen atoms in total. The number of oxazole rings is 1. The summed E-state index contributed by atoms with van der Waals surface area (Å²) >= 11 is 3.39. The molecule has 1 aliphatic rings. The molecule has 0 saturated carbocycles. The minimum atomic E-state index is -0.511. The minimum Gasteiger partial charge on any atom is -0.497 e. The third kappa shape index (κ3) is 6.59. The number of aliphatic hydroxyl groups excluding tert-OH is 1. The Kier molecular flexibility index (Phi) is 8.34. The van der Waals surface area contributed by atoms with E-state index in [1.165, 1.54) is 0 Å². The molecule has 3 aromatic rings. The molecule has 0 aliphatic heterocycles. The molecular formula is C28H27BrN2O4. The van der Waals surface area contributed by atoms with Crippen molar-refractivity contribution in [3.63, 3.8) is 0 Å². The summed E-state index contributed by atoms with van der Waals surface area (Å²) in [5.41, 5.74) is 3.01. The number of anilines is 1. The number of nitrogens with zero attached hydrogens (tertiary/aromatic N) is 1. The molecule has 0 radical (unpaired) electrons. The second kappa shape index (κ2) is 11.8. The van der Waals surface area contributed by atoms with Crippen LogP contribution in [-0.4, -0.2) is 22.6 Å². The second-order valence-electron chi connectivity index (χ2n) is 8.11. The highest BCUT2D eigenvalue weighted by molar-refractivity contribution is 9.10. The van der Waals surface area contributed by atoms with Crippen molar-refractivity contribution in [2.24, 2.45) is 5.92 Å². The highest BCUT2D eigenvalue weighted by Gasteiger charge is 2.18. The molecule has 0 spiro atoms. The molecule has 1 atom stereocenters. The number of hydrogen-bond acceptors (Lipinski definition) is 5. The highest BCUT2D eigenvalue weighted by atomic mass is 79.9. The predicted molar refractivity (Wildman–Crippen MR) is 139 cm³/mol. The van der Waals surface area contributed by atoms with E-state index < -0.39 is 5.92 Å². The van der Waals surface area contributed by atoms with Crippen molar-refractivity contribution >= 4 is 27.5 Å². The van der Waals surface area contributed by atoms with Crippen LogP contribution in [0.15, 0.2) is 93.6 Å². The fraction of sp³-hybridized carbons (Fsp3) is 0.214. The van der Waals surface area contributed by atoms with Crippen molar-refractivity contribution in [3.8, 4) is 11.5 Å². The lowest BCUT2D eigenvalue weighted by Gasteiger charge is -2.16. The molecular weight excluding hydrogens is 508 g/mol. The zero-order chi connectivity index (χ0) is 24.6. The van der Waals surface area contributed by atoms with Crippen LogP contribution in [-0.2, 0) is 22.6 Å². The summed E-state index contributed by atoms with van der Waals surface area (Å²) in [6.07, 6.45) is 10.6. The van der Waals surface area contributed by atoms with Crippen LogP contribution in [0.5, 0.6) is 0 Å². The third-order valence-corrected chi connectivity index (χ3v) is 6.08. The van der Waals surface area contributed by atoms with Crippen molar-refractivity contribution in [3.05, 3.63) is 106 Å². The van der Waals surface area contributed by atoms with E-state index in [2.05, 4.69) is 26.2 Å². The lowest BCUT2D eigenvalue weighted by atomic mass is 10.0. The quantitative estimate of drug-likeness (QED) is 0.363. The molecule has 0 saturated heterocycles. The Morgan fingerprint density at radius 3 is 2.86 bits per heavy atom. The molecule has 2 aromatic carbocycles. The number of aromatic nitrogens is 1. The Morgan fingerprint density at radius 1 is 1.23 bits per heavy atom. The van der Waals surface area contributed by atoms with Crippen molar-refractivity contribution in [1.29, 1.82) is 0 Å². The van der Waals surface area contributed by atoms with E-state index in [4.69, 9.17) is 9.15 Å². The molecule has 1 unspecified atom stereocenters. The van der Waals surface area contributed by atoms with E-state index in [1.807, 2.05) is 73.7 Å². The molecule has 0 bridgehead atoms. The zero-order valence-electron chi connectivity index (χ0n) is 19.4. The first-order valence-electron chi connectivity index (χ1n) is 11.4. The van der Waals surface area contributed by atoms with Gasteiger partial charge in [0.25, 0.3) is 0 Å². The van der Waals surface area contributed by atoms with Crippen molar-refractivity contribution in [2.45, 2.75) is 26.4 Å². The smallest absolute Gasteiger partial charge is 0.235 e. The average molecular weight is 535 g/mol. The molecule has 0 fully saturated rings. The topological polar surface area (TPSA) is 84.6 Å². The van der Waals surface area contributed by atoms with Crippen LogP contribution in [0.25, 0.3) is 11.5 Å². The maximum absolute atomic E-state index is 13.0. The molecule has 1 heterocycles. The van der Waals surface area contributed by atoms with Gasteiger partial charge < -0.3 is 19.6 Å². The van der Waals surface area contributed by atoms with Crippen LogP contribution in [0.4, 0.5) is 5.69 Å². The van der Waals surface area contributed by atoms with Gasteiger partial charge in [-0.15, -0.1) is 0 Å². The lowest BCUT2D eigenvalue weighted by Crippen LogP contribution is -2.21. The van der Waals surface area contributed by atoms with E-state index >= 15 is 0 Å². The van der Waals surface area contributed by atoms with Crippen molar-refractivity contribution in [1.82, 2.24) is 4.98 Å². The van der Waals surface area contributed by atoms with Gasteiger partial charge in [-0.2, -0.15) is 0 Å². The predicted octanol–water partition coefficient (Wildman–Crippen LogP) is 6.12. The number of halogens is 1. The summed E-state index contributed by atoms with van der Waals surface area (Å²) in [4.78, 5) is 17.6. The Balaban J connectivity index is 1.41. The first kappa shape index (κ1) is 24.7. The van der Waals surface area contributed by atoms with Crippen LogP contribution < -0.4 is 5.32 Å².